The third kappa shape index (κ3) is 6.19. The highest BCUT2D eigenvalue weighted by molar-refractivity contribution is 7.92. The molecule has 184 valence electrons. The number of nitrogens with one attached hydrogen (secondary N) is 1. The summed E-state index contributed by atoms with van der Waals surface area (Å²) in [5.41, 5.74) is 1.10. The average Bonchev–Trinajstić information content (AvgIpc) is 3.28. The lowest BCUT2D eigenvalue weighted by atomic mass is 10.1. The average molecular weight is 490 g/mol. The maximum Gasteiger partial charge on any atom is 0.244 e. The molecule has 0 unspecified atom stereocenters. The molecule has 2 atom stereocenters. The van der Waals surface area contributed by atoms with Gasteiger partial charge in [-0.2, -0.15) is 0 Å². The fourth-order valence-electron chi connectivity index (χ4n) is 3.48. The molecule has 0 spiro atoms. The second kappa shape index (κ2) is 10.8. The van der Waals surface area contributed by atoms with Crippen LogP contribution in [0.4, 0.5) is 5.69 Å². The normalized spacial score (nSPS) is 14.2. The molecular weight excluding hydrogens is 458 g/mol. The number of carbonyl (C=O) groups is 2. The molecule has 2 aromatic carbocycles. The van der Waals surface area contributed by atoms with Gasteiger partial charge in [0.15, 0.2) is 11.5 Å². The van der Waals surface area contributed by atoms with E-state index in [0.29, 0.717) is 11.5 Å². The second-order valence-electron chi connectivity index (χ2n) is 8.31. The first kappa shape index (κ1) is 25.4. The van der Waals surface area contributed by atoms with Gasteiger partial charge in [0.1, 0.15) is 12.6 Å². The van der Waals surface area contributed by atoms with Crippen molar-refractivity contribution in [2.45, 2.75) is 45.8 Å². The Labute approximate surface area is 200 Å². The molecule has 0 aromatic heterocycles. The van der Waals surface area contributed by atoms with E-state index in [2.05, 4.69) is 5.32 Å². The second-order valence-corrected chi connectivity index (χ2v) is 10.2. The fraction of sp³-hybridized carbons (Fsp3) is 0.417. The van der Waals surface area contributed by atoms with E-state index < -0.39 is 28.5 Å². The highest BCUT2D eigenvalue weighted by atomic mass is 32.2. The van der Waals surface area contributed by atoms with Crippen molar-refractivity contribution in [2.75, 3.05) is 23.9 Å². The van der Waals surface area contributed by atoms with Crippen LogP contribution in [0.2, 0.25) is 0 Å². The number of anilines is 1. The Morgan fingerprint density at radius 1 is 1.06 bits per heavy atom. The summed E-state index contributed by atoms with van der Waals surface area (Å²) >= 11 is 0. The molecular formula is C24H31N3O6S. The maximum absolute atomic E-state index is 13.5. The predicted octanol–water partition coefficient (Wildman–Crippen LogP) is 2.51. The van der Waals surface area contributed by atoms with E-state index in [1.165, 1.54) is 11.0 Å². The lowest BCUT2D eigenvalue weighted by Crippen LogP contribution is -2.52. The number of hydrogen-bond donors (Lipinski definition) is 1. The molecule has 1 aliphatic rings. The van der Waals surface area contributed by atoms with E-state index in [0.717, 1.165) is 22.5 Å². The van der Waals surface area contributed by atoms with Gasteiger partial charge in [-0.15, -0.1) is 0 Å². The van der Waals surface area contributed by atoms with Crippen LogP contribution >= 0.6 is 0 Å². The van der Waals surface area contributed by atoms with Crippen LogP contribution in [0, 0.1) is 0 Å². The van der Waals surface area contributed by atoms with Crippen molar-refractivity contribution in [3.05, 3.63) is 54.1 Å². The Morgan fingerprint density at radius 3 is 2.38 bits per heavy atom. The van der Waals surface area contributed by atoms with E-state index in [4.69, 9.17) is 9.47 Å². The lowest BCUT2D eigenvalue weighted by Gasteiger charge is -2.32. The topological polar surface area (TPSA) is 105 Å². The number of hydrogen-bond acceptors (Lipinski definition) is 6. The molecule has 1 N–H and O–H groups in total. The van der Waals surface area contributed by atoms with E-state index in [1.807, 2.05) is 44.2 Å². The van der Waals surface area contributed by atoms with Crippen LogP contribution in [-0.4, -0.2) is 56.8 Å². The zero-order chi connectivity index (χ0) is 24.9. The van der Waals surface area contributed by atoms with E-state index >= 15 is 0 Å². The number of carbonyl (C=O) groups excluding carboxylic acids is 2. The van der Waals surface area contributed by atoms with Gasteiger partial charge in [0.25, 0.3) is 0 Å². The highest BCUT2D eigenvalue weighted by Gasteiger charge is 2.31. The van der Waals surface area contributed by atoms with Crippen molar-refractivity contribution in [3.8, 4) is 11.5 Å². The van der Waals surface area contributed by atoms with Crippen molar-refractivity contribution in [1.29, 1.82) is 0 Å². The van der Waals surface area contributed by atoms with Gasteiger partial charge in [-0.1, -0.05) is 37.3 Å². The molecule has 2 amide bonds. The minimum Gasteiger partial charge on any atom is -0.454 e. The van der Waals surface area contributed by atoms with Crippen LogP contribution in [0.5, 0.6) is 11.5 Å². The minimum absolute atomic E-state index is 0.0459. The Bertz CT molecular complexity index is 1120. The summed E-state index contributed by atoms with van der Waals surface area (Å²) in [6.07, 6.45) is 1.78. The van der Waals surface area contributed by atoms with Crippen LogP contribution in [-0.2, 0) is 26.2 Å². The first-order valence-corrected chi connectivity index (χ1v) is 13.0. The van der Waals surface area contributed by atoms with Crippen LogP contribution < -0.4 is 19.1 Å². The summed E-state index contributed by atoms with van der Waals surface area (Å²) in [5, 5.41) is 2.90. The smallest absolute Gasteiger partial charge is 0.244 e. The molecule has 0 aliphatic carbocycles. The fourth-order valence-corrected chi connectivity index (χ4v) is 4.32. The van der Waals surface area contributed by atoms with E-state index in [-0.39, 0.29) is 31.0 Å². The van der Waals surface area contributed by atoms with Crippen molar-refractivity contribution in [1.82, 2.24) is 10.2 Å². The third-order valence-corrected chi connectivity index (χ3v) is 6.83. The molecule has 10 heteroatoms. The van der Waals surface area contributed by atoms with Crippen LogP contribution in [0.3, 0.4) is 0 Å². The molecule has 1 heterocycles. The largest absolute Gasteiger partial charge is 0.454 e. The molecule has 0 saturated carbocycles. The number of rotatable bonds is 10. The van der Waals surface area contributed by atoms with Crippen LogP contribution in [0.25, 0.3) is 0 Å². The molecule has 0 saturated heterocycles. The van der Waals surface area contributed by atoms with Crippen molar-refractivity contribution < 1.29 is 27.5 Å². The van der Waals surface area contributed by atoms with Gasteiger partial charge in [0.2, 0.25) is 28.6 Å². The molecule has 0 bridgehead atoms. The minimum atomic E-state index is -3.82. The first-order valence-electron chi connectivity index (χ1n) is 11.1. The quantitative estimate of drug-likeness (QED) is 0.550. The Hall–Kier alpha value is -3.27. The number of sulfonamides is 1. The first-order chi connectivity index (χ1) is 16.1. The molecule has 2 aromatic rings. The van der Waals surface area contributed by atoms with Crippen molar-refractivity contribution in [2.24, 2.45) is 0 Å². The Balaban J connectivity index is 1.89. The molecule has 1 aliphatic heterocycles. The van der Waals surface area contributed by atoms with Crippen molar-refractivity contribution >= 4 is 27.5 Å². The number of benzene rings is 2. The highest BCUT2D eigenvalue weighted by Crippen LogP contribution is 2.36. The molecule has 3 rings (SSSR count). The van der Waals surface area contributed by atoms with Crippen molar-refractivity contribution in [3.63, 3.8) is 0 Å². The Kier molecular flexibility index (Phi) is 8.03. The standard InChI is InChI=1S/C24H31N3O6S/c1-5-17(2)25-24(29)18(3)26(14-19-9-7-6-8-10-19)23(28)15-27(34(4,30)31)20-11-12-21-22(13-20)33-16-32-21/h6-13,17-18H,5,14-16H2,1-4H3,(H,25,29)/t17-,18+/m0/s1. The predicted molar refractivity (Wildman–Crippen MR) is 129 cm³/mol. The van der Waals surface area contributed by atoms with Gasteiger partial charge < -0.3 is 19.7 Å². The van der Waals surface area contributed by atoms with Crippen LogP contribution in [0.15, 0.2) is 48.5 Å². The lowest BCUT2D eigenvalue weighted by molar-refractivity contribution is -0.139. The van der Waals surface area contributed by atoms with E-state index in [1.54, 1.807) is 19.1 Å². The zero-order valence-electron chi connectivity index (χ0n) is 19.9. The summed E-state index contributed by atoms with van der Waals surface area (Å²) in [4.78, 5) is 27.8. The molecule has 0 fully saturated rings. The molecule has 34 heavy (non-hydrogen) atoms. The zero-order valence-corrected chi connectivity index (χ0v) is 20.7. The van der Waals surface area contributed by atoms with Crippen LogP contribution in [0.1, 0.15) is 32.8 Å². The summed E-state index contributed by atoms with van der Waals surface area (Å²) in [7, 11) is -3.82. The van der Waals surface area contributed by atoms with E-state index in [9.17, 15) is 18.0 Å². The number of nitrogens with zero attached hydrogens (tertiary/aromatic N) is 2. The molecule has 9 nitrogen and oxygen atoms in total. The van der Waals surface area contributed by atoms with Gasteiger partial charge in [0, 0.05) is 18.7 Å². The number of amides is 2. The molecule has 0 radical (unpaired) electrons. The maximum atomic E-state index is 13.5. The number of ether oxygens (including phenoxy) is 2. The van der Waals surface area contributed by atoms with Gasteiger partial charge in [-0.05, 0) is 38.0 Å². The van der Waals surface area contributed by atoms with Gasteiger partial charge in [0.05, 0.1) is 11.9 Å². The third-order valence-electron chi connectivity index (χ3n) is 5.69. The van der Waals surface area contributed by atoms with Gasteiger partial charge >= 0.3 is 0 Å². The monoisotopic (exact) mass is 489 g/mol. The van der Waals surface area contributed by atoms with Gasteiger partial charge in [-0.3, -0.25) is 13.9 Å². The summed E-state index contributed by atoms with van der Waals surface area (Å²) < 4.78 is 36.9. The SMILES string of the molecule is CC[C@H](C)NC(=O)[C@@H](C)N(Cc1ccccc1)C(=O)CN(c1ccc2c(c1)OCO2)S(C)(=O)=O. The Morgan fingerprint density at radius 2 is 1.74 bits per heavy atom. The summed E-state index contributed by atoms with van der Waals surface area (Å²) in [6.45, 7) is 5.23. The number of fused-ring (bicyclic) bond motifs is 1. The summed E-state index contributed by atoms with van der Waals surface area (Å²) in [6, 6.07) is 13.1. The summed E-state index contributed by atoms with van der Waals surface area (Å²) in [5.74, 6) is 0.108. The van der Waals surface area contributed by atoms with Gasteiger partial charge in [-0.25, -0.2) is 8.42 Å².